The van der Waals surface area contributed by atoms with Gasteiger partial charge >= 0.3 is 0 Å². The van der Waals surface area contributed by atoms with E-state index in [4.69, 9.17) is 4.74 Å². The van der Waals surface area contributed by atoms with Crippen molar-refractivity contribution in [3.05, 3.63) is 0 Å². The molecule has 3 atom stereocenters. The van der Waals surface area contributed by atoms with Crippen LogP contribution in [0.1, 0.15) is 6.42 Å². The summed E-state index contributed by atoms with van der Waals surface area (Å²) in [6, 6.07) is 0.305. The van der Waals surface area contributed by atoms with Crippen molar-refractivity contribution in [3.63, 3.8) is 0 Å². The molecule has 2 fully saturated rings. The third kappa shape index (κ3) is 3.89. The Morgan fingerprint density at radius 2 is 2.21 bits per heavy atom. The lowest BCUT2D eigenvalue weighted by Gasteiger charge is -2.37. The highest BCUT2D eigenvalue weighted by Crippen LogP contribution is 2.10. The maximum atomic E-state index is 12.1. The standard InChI is InChI=1S/C13H26N4O2/c1-16-4-5-17(2)10(9-16)7-15-13(18)12-6-11(19-3)8-14-12/h10-12,14H,4-9H2,1-3H3,(H,15,18). The Hall–Kier alpha value is -0.690. The number of rotatable bonds is 4. The monoisotopic (exact) mass is 270 g/mol. The normalized spacial score (nSPS) is 33.5. The Bertz CT molecular complexity index is 313. The van der Waals surface area contributed by atoms with Gasteiger partial charge in [-0.15, -0.1) is 0 Å². The number of nitrogens with one attached hydrogen (secondary N) is 2. The van der Waals surface area contributed by atoms with Gasteiger partial charge in [-0.3, -0.25) is 9.69 Å². The second-order valence-electron chi connectivity index (χ2n) is 5.70. The van der Waals surface area contributed by atoms with Gasteiger partial charge < -0.3 is 20.3 Å². The van der Waals surface area contributed by atoms with E-state index in [1.165, 1.54) is 0 Å². The van der Waals surface area contributed by atoms with Crippen LogP contribution in [0.5, 0.6) is 0 Å². The highest BCUT2D eigenvalue weighted by Gasteiger charge is 2.30. The summed E-state index contributed by atoms with van der Waals surface area (Å²) >= 11 is 0. The summed E-state index contributed by atoms with van der Waals surface area (Å²) in [5.41, 5.74) is 0. The van der Waals surface area contributed by atoms with Crippen molar-refractivity contribution in [3.8, 4) is 0 Å². The molecule has 19 heavy (non-hydrogen) atoms. The van der Waals surface area contributed by atoms with E-state index in [0.29, 0.717) is 6.04 Å². The Labute approximate surface area is 115 Å². The average Bonchev–Trinajstić information content (AvgIpc) is 2.88. The van der Waals surface area contributed by atoms with E-state index in [-0.39, 0.29) is 18.1 Å². The highest BCUT2D eigenvalue weighted by molar-refractivity contribution is 5.82. The molecule has 6 heteroatoms. The van der Waals surface area contributed by atoms with Crippen molar-refractivity contribution in [2.75, 3.05) is 53.9 Å². The summed E-state index contributed by atoms with van der Waals surface area (Å²) in [6.45, 7) is 4.65. The minimum atomic E-state index is -0.100. The van der Waals surface area contributed by atoms with E-state index in [0.717, 1.165) is 39.1 Å². The number of amides is 1. The molecule has 2 saturated heterocycles. The smallest absolute Gasteiger partial charge is 0.237 e. The van der Waals surface area contributed by atoms with Gasteiger partial charge in [0.15, 0.2) is 0 Å². The fourth-order valence-corrected chi connectivity index (χ4v) is 2.75. The molecule has 110 valence electrons. The first kappa shape index (κ1) is 14.7. The molecule has 3 unspecified atom stereocenters. The van der Waals surface area contributed by atoms with Gasteiger partial charge in [0, 0.05) is 45.9 Å². The topological polar surface area (TPSA) is 56.8 Å². The third-order valence-electron chi connectivity index (χ3n) is 4.23. The lowest BCUT2D eigenvalue weighted by Crippen LogP contribution is -2.55. The van der Waals surface area contributed by atoms with Gasteiger partial charge in [0.1, 0.15) is 0 Å². The number of carbonyl (C=O) groups is 1. The van der Waals surface area contributed by atoms with Gasteiger partial charge in [-0.1, -0.05) is 0 Å². The first-order valence-corrected chi connectivity index (χ1v) is 7.03. The average molecular weight is 270 g/mol. The fourth-order valence-electron chi connectivity index (χ4n) is 2.75. The Balaban J connectivity index is 1.74. The number of hydrogen-bond donors (Lipinski definition) is 2. The zero-order valence-corrected chi connectivity index (χ0v) is 12.2. The minimum absolute atomic E-state index is 0.0983. The molecule has 0 aromatic rings. The van der Waals surface area contributed by atoms with E-state index in [2.05, 4.69) is 34.5 Å². The molecular weight excluding hydrogens is 244 g/mol. The van der Waals surface area contributed by atoms with E-state index in [9.17, 15) is 4.79 Å². The third-order valence-corrected chi connectivity index (χ3v) is 4.23. The number of ether oxygens (including phenoxy) is 1. The second kappa shape index (κ2) is 6.65. The summed E-state index contributed by atoms with van der Waals surface area (Å²) in [5, 5.41) is 6.27. The predicted octanol–water partition coefficient (Wildman–Crippen LogP) is -1.27. The molecule has 2 N–H and O–H groups in total. The summed E-state index contributed by atoms with van der Waals surface area (Å²) < 4.78 is 5.26. The van der Waals surface area contributed by atoms with Gasteiger partial charge in [-0.05, 0) is 20.5 Å². The van der Waals surface area contributed by atoms with E-state index in [1.54, 1.807) is 7.11 Å². The van der Waals surface area contributed by atoms with Crippen molar-refractivity contribution < 1.29 is 9.53 Å². The quantitative estimate of drug-likeness (QED) is 0.667. The number of hydrogen-bond acceptors (Lipinski definition) is 5. The summed E-state index contributed by atoms with van der Waals surface area (Å²) in [4.78, 5) is 16.7. The number of nitrogens with zero attached hydrogens (tertiary/aromatic N) is 2. The maximum Gasteiger partial charge on any atom is 0.237 e. The molecule has 2 aliphatic rings. The van der Waals surface area contributed by atoms with Crippen LogP contribution in [0, 0.1) is 0 Å². The van der Waals surface area contributed by atoms with Crippen LogP contribution in [0.15, 0.2) is 0 Å². The Kier molecular flexibility index (Phi) is 5.15. The molecule has 2 rings (SSSR count). The van der Waals surface area contributed by atoms with Crippen molar-refractivity contribution in [2.24, 2.45) is 0 Å². The molecule has 0 aromatic carbocycles. The molecule has 6 nitrogen and oxygen atoms in total. The van der Waals surface area contributed by atoms with Crippen LogP contribution in [0.3, 0.4) is 0 Å². The van der Waals surface area contributed by atoms with E-state index >= 15 is 0 Å². The molecule has 0 aromatic heterocycles. The SMILES string of the molecule is COC1CNC(C(=O)NCC2CN(C)CCN2C)C1. The number of carbonyl (C=O) groups excluding carboxylic acids is 1. The zero-order valence-electron chi connectivity index (χ0n) is 12.2. The zero-order chi connectivity index (χ0) is 13.8. The van der Waals surface area contributed by atoms with Crippen LogP contribution in [0.4, 0.5) is 0 Å². The highest BCUT2D eigenvalue weighted by atomic mass is 16.5. The molecule has 2 aliphatic heterocycles. The summed E-state index contributed by atoms with van der Waals surface area (Å²) in [7, 11) is 5.95. The van der Waals surface area contributed by atoms with Crippen LogP contribution >= 0.6 is 0 Å². The van der Waals surface area contributed by atoms with Crippen molar-refractivity contribution in [1.29, 1.82) is 0 Å². The minimum Gasteiger partial charge on any atom is -0.380 e. The van der Waals surface area contributed by atoms with Crippen molar-refractivity contribution in [1.82, 2.24) is 20.4 Å². The van der Waals surface area contributed by atoms with Crippen LogP contribution < -0.4 is 10.6 Å². The molecule has 2 heterocycles. The predicted molar refractivity (Wildman–Crippen MR) is 74.1 cm³/mol. The maximum absolute atomic E-state index is 12.1. The van der Waals surface area contributed by atoms with Gasteiger partial charge in [0.2, 0.25) is 5.91 Å². The molecule has 0 aliphatic carbocycles. The number of likely N-dealkylation sites (N-methyl/N-ethyl adjacent to an activating group) is 2. The largest absolute Gasteiger partial charge is 0.380 e. The van der Waals surface area contributed by atoms with Crippen LogP contribution in [0.25, 0.3) is 0 Å². The Morgan fingerprint density at radius 3 is 2.89 bits per heavy atom. The summed E-state index contributed by atoms with van der Waals surface area (Å²) in [6.07, 6.45) is 0.933. The van der Waals surface area contributed by atoms with Crippen LogP contribution in [-0.4, -0.2) is 87.8 Å². The first-order valence-electron chi connectivity index (χ1n) is 7.03. The number of methoxy groups -OCH3 is 1. The van der Waals surface area contributed by atoms with Gasteiger partial charge in [0.05, 0.1) is 12.1 Å². The lowest BCUT2D eigenvalue weighted by atomic mass is 10.1. The summed E-state index contributed by atoms with van der Waals surface area (Å²) in [5.74, 6) is 0.0983. The lowest BCUT2D eigenvalue weighted by molar-refractivity contribution is -0.123. The van der Waals surface area contributed by atoms with E-state index in [1.807, 2.05) is 0 Å². The van der Waals surface area contributed by atoms with Crippen molar-refractivity contribution in [2.45, 2.75) is 24.6 Å². The van der Waals surface area contributed by atoms with Gasteiger partial charge in [-0.2, -0.15) is 0 Å². The first-order chi connectivity index (χ1) is 9.10. The van der Waals surface area contributed by atoms with Gasteiger partial charge in [-0.25, -0.2) is 0 Å². The molecule has 0 bridgehead atoms. The Morgan fingerprint density at radius 1 is 1.42 bits per heavy atom. The fraction of sp³-hybridized carbons (Fsp3) is 0.923. The van der Waals surface area contributed by atoms with E-state index < -0.39 is 0 Å². The molecule has 0 spiro atoms. The van der Waals surface area contributed by atoms with Crippen LogP contribution in [-0.2, 0) is 9.53 Å². The van der Waals surface area contributed by atoms with Crippen LogP contribution in [0.2, 0.25) is 0 Å². The van der Waals surface area contributed by atoms with Gasteiger partial charge in [0.25, 0.3) is 0 Å². The number of piperazine rings is 1. The second-order valence-corrected chi connectivity index (χ2v) is 5.70. The van der Waals surface area contributed by atoms with Crippen molar-refractivity contribution >= 4 is 5.91 Å². The molecular formula is C13H26N4O2. The molecule has 0 saturated carbocycles. The molecule has 1 amide bonds. The molecule has 0 radical (unpaired) electrons.